The van der Waals surface area contributed by atoms with E-state index in [1.54, 1.807) is 11.3 Å². The second-order valence-electron chi connectivity index (χ2n) is 8.09. The molecule has 0 bridgehead atoms. The Labute approximate surface area is 197 Å². The van der Waals surface area contributed by atoms with E-state index < -0.39 is 0 Å². The van der Waals surface area contributed by atoms with Crippen LogP contribution < -0.4 is 4.74 Å². The van der Waals surface area contributed by atoms with Gasteiger partial charge in [0, 0.05) is 40.7 Å². The standard InChI is InChI=1S/C28H26N2O2S/c1-20-25(14-15-31)26-16-24(12-13-27(26)30(20)17-21-8-4-2-5-9-21)32-18-23-19-33-28(29-23)22-10-6-3-7-11-22/h2-13,16,19,31H,14-15,17-18H2,1H3. The maximum Gasteiger partial charge on any atom is 0.131 e. The highest BCUT2D eigenvalue weighted by Crippen LogP contribution is 2.31. The van der Waals surface area contributed by atoms with E-state index in [1.807, 2.05) is 30.3 Å². The van der Waals surface area contributed by atoms with Gasteiger partial charge in [0.05, 0.1) is 5.69 Å². The number of rotatable bonds is 8. The van der Waals surface area contributed by atoms with E-state index in [-0.39, 0.29) is 6.61 Å². The van der Waals surface area contributed by atoms with Crippen molar-refractivity contribution in [3.05, 3.63) is 107 Å². The number of thiazole rings is 1. The van der Waals surface area contributed by atoms with E-state index >= 15 is 0 Å². The van der Waals surface area contributed by atoms with Crippen LogP contribution in [0.5, 0.6) is 5.75 Å². The lowest BCUT2D eigenvalue weighted by molar-refractivity contribution is 0.299. The van der Waals surface area contributed by atoms with Gasteiger partial charge in [-0.1, -0.05) is 60.7 Å². The number of aliphatic hydroxyl groups excluding tert-OH is 1. The van der Waals surface area contributed by atoms with E-state index in [4.69, 9.17) is 9.72 Å². The van der Waals surface area contributed by atoms with Gasteiger partial charge in [-0.3, -0.25) is 0 Å². The fraction of sp³-hybridized carbons (Fsp3) is 0.179. The fourth-order valence-corrected chi connectivity index (χ4v) is 5.07. The largest absolute Gasteiger partial charge is 0.487 e. The Morgan fingerprint density at radius 2 is 1.73 bits per heavy atom. The Morgan fingerprint density at radius 1 is 0.970 bits per heavy atom. The van der Waals surface area contributed by atoms with Crippen molar-refractivity contribution >= 4 is 22.2 Å². The van der Waals surface area contributed by atoms with Gasteiger partial charge in [-0.25, -0.2) is 4.98 Å². The summed E-state index contributed by atoms with van der Waals surface area (Å²) in [7, 11) is 0. The first-order valence-electron chi connectivity index (χ1n) is 11.1. The molecule has 1 N–H and O–H groups in total. The van der Waals surface area contributed by atoms with Crippen molar-refractivity contribution in [3.8, 4) is 16.3 Å². The van der Waals surface area contributed by atoms with Crippen LogP contribution in [0.3, 0.4) is 0 Å². The SMILES string of the molecule is Cc1c(CCO)c2cc(OCc3csc(-c4ccccc4)n3)ccc2n1Cc1ccccc1. The molecule has 0 amide bonds. The Kier molecular flexibility index (Phi) is 6.24. The number of nitrogens with zero attached hydrogens (tertiary/aromatic N) is 2. The van der Waals surface area contributed by atoms with Crippen LogP contribution in [0.25, 0.3) is 21.5 Å². The highest BCUT2D eigenvalue weighted by molar-refractivity contribution is 7.13. The quantitative estimate of drug-likeness (QED) is 0.302. The molecule has 2 aromatic heterocycles. The van der Waals surface area contributed by atoms with E-state index in [0.717, 1.165) is 39.5 Å². The van der Waals surface area contributed by atoms with E-state index in [2.05, 4.69) is 65.4 Å². The van der Waals surface area contributed by atoms with Crippen molar-refractivity contribution in [2.24, 2.45) is 0 Å². The van der Waals surface area contributed by atoms with Gasteiger partial charge in [0.15, 0.2) is 0 Å². The van der Waals surface area contributed by atoms with Crippen molar-refractivity contribution < 1.29 is 9.84 Å². The first kappa shape index (κ1) is 21.4. The summed E-state index contributed by atoms with van der Waals surface area (Å²) in [4.78, 5) is 4.73. The third-order valence-corrected chi connectivity index (χ3v) is 6.87. The number of ether oxygens (including phenoxy) is 1. The van der Waals surface area contributed by atoms with Crippen LogP contribution in [0, 0.1) is 6.92 Å². The van der Waals surface area contributed by atoms with Gasteiger partial charge in [-0.05, 0) is 42.7 Å². The number of hydrogen-bond acceptors (Lipinski definition) is 4. The molecule has 5 rings (SSSR count). The molecule has 0 saturated heterocycles. The van der Waals surface area contributed by atoms with Gasteiger partial charge in [-0.2, -0.15) is 0 Å². The summed E-state index contributed by atoms with van der Waals surface area (Å²) in [6.45, 7) is 3.48. The fourth-order valence-electron chi connectivity index (χ4n) is 4.26. The predicted octanol–water partition coefficient (Wildman–Crippen LogP) is 6.24. The average Bonchev–Trinajstić information content (AvgIpc) is 3.43. The highest BCUT2D eigenvalue weighted by atomic mass is 32.1. The molecule has 0 unspecified atom stereocenters. The summed E-state index contributed by atoms with van der Waals surface area (Å²) in [6.07, 6.45) is 0.625. The van der Waals surface area contributed by atoms with Crippen molar-refractivity contribution in [2.45, 2.75) is 26.5 Å². The summed E-state index contributed by atoms with van der Waals surface area (Å²) in [5.74, 6) is 0.813. The third kappa shape index (κ3) is 4.56. The van der Waals surface area contributed by atoms with E-state index in [9.17, 15) is 5.11 Å². The topological polar surface area (TPSA) is 47.3 Å². The molecule has 166 valence electrons. The van der Waals surface area contributed by atoms with Crippen LogP contribution in [0.1, 0.15) is 22.5 Å². The van der Waals surface area contributed by atoms with Crippen LogP contribution in [-0.4, -0.2) is 21.3 Å². The second kappa shape index (κ2) is 9.61. The Hall–Kier alpha value is -3.41. The van der Waals surface area contributed by atoms with E-state index in [1.165, 1.54) is 16.8 Å². The average molecular weight is 455 g/mol. The molecule has 5 aromatic rings. The molecule has 0 atom stereocenters. The second-order valence-corrected chi connectivity index (χ2v) is 8.95. The number of benzene rings is 3. The minimum Gasteiger partial charge on any atom is -0.487 e. The van der Waals surface area contributed by atoms with Gasteiger partial charge in [0.2, 0.25) is 0 Å². The van der Waals surface area contributed by atoms with Crippen molar-refractivity contribution in [2.75, 3.05) is 6.61 Å². The van der Waals surface area contributed by atoms with Gasteiger partial charge >= 0.3 is 0 Å². The Morgan fingerprint density at radius 3 is 2.48 bits per heavy atom. The molecule has 0 fully saturated rings. The molecule has 3 aromatic carbocycles. The molecule has 0 spiro atoms. The van der Waals surface area contributed by atoms with Crippen molar-refractivity contribution in [3.63, 3.8) is 0 Å². The number of hydrogen-bond donors (Lipinski definition) is 1. The monoisotopic (exact) mass is 454 g/mol. The molecule has 0 saturated carbocycles. The van der Waals surface area contributed by atoms with Crippen molar-refractivity contribution in [1.82, 2.24) is 9.55 Å². The minimum atomic E-state index is 0.122. The Bertz CT molecular complexity index is 1360. The zero-order chi connectivity index (χ0) is 22.6. The zero-order valence-corrected chi connectivity index (χ0v) is 19.4. The third-order valence-electron chi connectivity index (χ3n) is 5.93. The molecule has 0 aliphatic rings. The van der Waals surface area contributed by atoms with E-state index in [0.29, 0.717) is 13.0 Å². The first-order valence-corrected chi connectivity index (χ1v) is 12.0. The number of aromatic nitrogens is 2. The smallest absolute Gasteiger partial charge is 0.131 e. The lowest BCUT2D eigenvalue weighted by Crippen LogP contribution is -2.02. The summed E-state index contributed by atoms with van der Waals surface area (Å²) in [5, 5.41) is 13.9. The Balaban J connectivity index is 1.40. The molecular weight excluding hydrogens is 428 g/mol. The molecule has 33 heavy (non-hydrogen) atoms. The van der Waals surface area contributed by atoms with Crippen molar-refractivity contribution in [1.29, 1.82) is 0 Å². The maximum atomic E-state index is 9.67. The number of aliphatic hydroxyl groups is 1. The lowest BCUT2D eigenvalue weighted by Gasteiger charge is -2.09. The van der Waals surface area contributed by atoms with Crippen LogP contribution in [-0.2, 0) is 19.6 Å². The highest BCUT2D eigenvalue weighted by Gasteiger charge is 2.15. The number of fused-ring (bicyclic) bond motifs is 1. The van der Waals surface area contributed by atoms with Gasteiger partial charge in [0.1, 0.15) is 17.4 Å². The maximum absolute atomic E-state index is 9.67. The molecule has 0 aliphatic carbocycles. The summed E-state index contributed by atoms with van der Waals surface area (Å²) < 4.78 is 8.45. The molecule has 5 heteroatoms. The zero-order valence-electron chi connectivity index (χ0n) is 18.6. The molecule has 0 radical (unpaired) electrons. The van der Waals surface area contributed by atoms with Crippen LogP contribution >= 0.6 is 11.3 Å². The summed E-state index contributed by atoms with van der Waals surface area (Å²) in [5.41, 5.74) is 6.82. The van der Waals surface area contributed by atoms with Gasteiger partial charge < -0.3 is 14.4 Å². The minimum absolute atomic E-state index is 0.122. The summed E-state index contributed by atoms with van der Waals surface area (Å²) in [6, 6.07) is 26.9. The van der Waals surface area contributed by atoms with Crippen LogP contribution in [0.2, 0.25) is 0 Å². The normalized spacial score (nSPS) is 11.2. The van der Waals surface area contributed by atoms with Gasteiger partial charge in [0.25, 0.3) is 0 Å². The molecule has 2 heterocycles. The summed E-state index contributed by atoms with van der Waals surface area (Å²) >= 11 is 1.63. The van der Waals surface area contributed by atoms with Crippen LogP contribution in [0.15, 0.2) is 84.2 Å². The molecule has 4 nitrogen and oxygen atoms in total. The lowest BCUT2D eigenvalue weighted by atomic mass is 10.1. The van der Waals surface area contributed by atoms with Crippen LogP contribution in [0.4, 0.5) is 0 Å². The first-order chi connectivity index (χ1) is 16.2. The molecular formula is C28H26N2O2S. The predicted molar refractivity (Wildman–Crippen MR) is 135 cm³/mol. The van der Waals surface area contributed by atoms with Gasteiger partial charge in [-0.15, -0.1) is 11.3 Å². The molecule has 0 aliphatic heterocycles.